The molecule has 150 valence electrons. The van der Waals surface area contributed by atoms with Gasteiger partial charge in [-0.15, -0.1) is 0 Å². The third-order valence-corrected chi connectivity index (χ3v) is 5.70. The van der Waals surface area contributed by atoms with Gasteiger partial charge in [0, 0.05) is 41.5 Å². The van der Waals surface area contributed by atoms with Crippen LogP contribution in [0.1, 0.15) is 60.9 Å². The van der Waals surface area contributed by atoms with Crippen LogP contribution in [0.15, 0.2) is 18.2 Å². The third-order valence-electron chi connectivity index (χ3n) is 5.14. The number of alkyl halides is 1. The number of unbranched alkanes of at least 4 members (excludes halogenated alkanes) is 3. The highest BCUT2D eigenvalue weighted by atomic mass is 79.9. The lowest BCUT2D eigenvalue weighted by Gasteiger charge is -2.29. The number of anilines is 1. The van der Waals surface area contributed by atoms with Crippen molar-refractivity contribution in [2.45, 2.75) is 57.5 Å². The molecule has 7 nitrogen and oxygen atoms in total. The smallest absolute Gasteiger partial charge is 0.255 e. The van der Waals surface area contributed by atoms with Crippen LogP contribution in [0.25, 0.3) is 0 Å². The molecule has 8 heteroatoms. The second-order valence-electron chi connectivity index (χ2n) is 7.13. The van der Waals surface area contributed by atoms with Gasteiger partial charge >= 0.3 is 0 Å². The predicted molar refractivity (Wildman–Crippen MR) is 108 cm³/mol. The van der Waals surface area contributed by atoms with Gasteiger partial charge in [0.2, 0.25) is 17.7 Å². The number of carbonyl (C=O) groups excluding carboxylic acids is 4. The zero-order chi connectivity index (χ0) is 20.1. The molecule has 0 spiro atoms. The molecule has 2 aliphatic rings. The van der Waals surface area contributed by atoms with Crippen molar-refractivity contribution in [2.75, 3.05) is 10.6 Å². The number of rotatable bonds is 8. The predicted octanol–water partition coefficient (Wildman–Crippen LogP) is 2.73. The fraction of sp³-hybridized carbons (Fsp3) is 0.500. The molecule has 1 aromatic carbocycles. The highest BCUT2D eigenvalue weighted by Crippen LogP contribution is 2.32. The second kappa shape index (κ2) is 9.32. The molecule has 2 N–H and O–H groups in total. The number of halogens is 1. The molecule has 3 rings (SSSR count). The second-order valence-corrected chi connectivity index (χ2v) is 7.93. The number of nitrogens with one attached hydrogen (secondary N) is 2. The molecule has 0 aromatic heterocycles. The Morgan fingerprint density at radius 2 is 1.96 bits per heavy atom. The summed E-state index contributed by atoms with van der Waals surface area (Å²) in [6.07, 6.45) is 5.01. The van der Waals surface area contributed by atoms with E-state index in [9.17, 15) is 19.2 Å². The third kappa shape index (κ3) is 4.60. The minimum atomic E-state index is -0.657. The van der Waals surface area contributed by atoms with Crippen LogP contribution in [0.4, 0.5) is 5.69 Å². The van der Waals surface area contributed by atoms with Gasteiger partial charge in [0.05, 0.1) is 0 Å². The van der Waals surface area contributed by atoms with Gasteiger partial charge in [-0.25, -0.2) is 0 Å². The molecule has 0 bridgehead atoms. The molecule has 1 atom stereocenters. The van der Waals surface area contributed by atoms with Crippen molar-refractivity contribution in [2.24, 2.45) is 0 Å². The minimum absolute atomic E-state index is 0.0702. The topological polar surface area (TPSA) is 95.6 Å². The molecule has 0 aliphatic carbocycles. The maximum Gasteiger partial charge on any atom is 0.255 e. The number of fused-ring (bicyclic) bond motifs is 1. The first kappa shape index (κ1) is 20.5. The van der Waals surface area contributed by atoms with Crippen LogP contribution >= 0.6 is 15.9 Å². The number of piperidine rings is 1. The first-order valence-electron chi connectivity index (χ1n) is 9.63. The lowest BCUT2D eigenvalue weighted by atomic mass is 10.0. The maximum absolute atomic E-state index is 12.8. The summed E-state index contributed by atoms with van der Waals surface area (Å²) in [6.45, 7) is 0.252. The Morgan fingerprint density at radius 1 is 1.18 bits per heavy atom. The quantitative estimate of drug-likeness (QED) is 0.362. The van der Waals surface area contributed by atoms with E-state index in [0.717, 1.165) is 36.6 Å². The summed E-state index contributed by atoms with van der Waals surface area (Å²) in [4.78, 5) is 50.1. The molecule has 1 unspecified atom stereocenters. The Morgan fingerprint density at radius 3 is 2.71 bits per heavy atom. The number of carbonyl (C=O) groups is 4. The monoisotopic (exact) mass is 449 g/mol. The molecule has 2 aliphatic heterocycles. The van der Waals surface area contributed by atoms with Crippen LogP contribution in [-0.4, -0.2) is 39.9 Å². The van der Waals surface area contributed by atoms with E-state index in [0.29, 0.717) is 24.1 Å². The van der Waals surface area contributed by atoms with Gasteiger partial charge in [0.25, 0.3) is 5.91 Å². The van der Waals surface area contributed by atoms with Crippen molar-refractivity contribution < 1.29 is 19.2 Å². The van der Waals surface area contributed by atoms with Crippen LogP contribution in [0.5, 0.6) is 0 Å². The molecule has 4 amide bonds. The minimum Gasteiger partial charge on any atom is -0.326 e. The van der Waals surface area contributed by atoms with E-state index < -0.39 is 11.9 Å². The fourth-order valence-corrected chi connectivity index (χ4v) is 4.05. The number of benzene rings is 1. The van der Waals surface area contributed by atoms with E-state index in [4.69, 9.17) is 0 Å². The Kier molecular flexibility index (Phi) is 6.83. The van der Waals surface area contributed by atoms with Gasteiger partial charge in [0.1, 0.15) is 6.04 Å². The van der Waals surface area contributed by atoms with Gasteiger partial charge in [-0.1, -0.05) is 34.8 Å². The normalized spacial score (nSPS) is 18.8. The van der Waals surface area contributed by atoms with Crippen LogP contribution in [0.2, 0.25) is 0 Å². The zero-order valence-electron chi connectivity index (χ0n) is 15.6. The number of hydrogen-bond acceptors (Lipinski definition) is 4. The number of nitrogens with zero attached hydrogens (tertiary/aromatic N) is 1. The highest BCUT2D eigenvalue weighted by molar-refractivity contribution is 9.09. The van der Waals surface area contributed by atoms with Crippen molar-refractivity contribution in [3.63, 3.8) is 0 Å². The Bertz CT molecular complexity index is 796. The summed E-state index contributed by atoms with van der Waals surface area (Å²) in [5.41, 5.74) is 1.84. The Balaban J connectivity index is 1.64. The van der Waals surface area contributed by atoms with Gasteiger partial charge in [0.15, 0.2) is 0 Å². The molecule has 0 radical (unpaired) electrons. The number of imide groups is 1. The Hall–Kier alpha value is -2.22. The summed E-state index contributed by atoms with van der Waals surface area (Å²) >= 11 is 3.40. The molecule has 1 fully saturated rings. The lowest BCUT2D eigenvalue weighted by Crippen LogP contribution is -2.52. The van der Waals surface area contributed by atoms with Gasteiger partial charge in [-0.05, 0) is 31.4 Å². The van der Waals surface area contributed by atoms with Crippen molar-refractivity contribution in [3.05, 3.63) is 29.3 Å². The summed E-state index contributed by atoms with van der Waals surface area (Å²) in [5, 5.41) is 6.19. The van der Waals surface area contributed by atoms with E-state index in [1.54, 1.807) is 18.2 Å². The summed E-state index contributed by atoms with van der Waals surface area (Å²) in [7, 11) is 0. The van der Waals surface area contributed by atoms with E-state index >= 15 is 0 Å². The molecule has 1 saturated heterocycles. The molecule has 2 heterocycles. The molecular formula is C20H24BrN3O4. The SMILES string of the molecule is O=C1CCC(N2Cc3c(NC(=O)CCCCCCBr)cccc3C2=O)C(=O)N1. The largest absolute Gasteiger partial charge is 0.326 e. The average Bonchev–Trinajstić information content (AvgIpc) is 2.99. The van der Waals surface area contributed by atoms with E-state index in [1.807, 2.05) is 0 Å². The number of hydrogen-bond donors (Lipinski definition) is 2. The van der Waals surface area contributed by atoms with Crippen molar-refractivity contribution >= 4 is 45.2 Å². The van der Waals surface area contributed by atoms with Gasteiger partial charge in [-0.2, -0.15) is 0 Å². The maximum atomic E-state index is 12.8. The van der Waals surface area contributed by atoms with Crippen molar-refractivity contribution in [1.29, 1.82) is 0 Å². The summed E-state index contributed by atoms with van der Waals surface area (Å²) in [5.74, 6) is -1.06. The number of amides is 4. The van der Waals surface area contributed by atoms with E-state index in [2.05, 4.69) is 26.6 Å². The lowest BCUT2D eigenvalue weighted by molar-refractivity contribution is -0.137. The van der Waals surface area contributed by atoms with Crippen LogP contribution in [-0.2, 0) is 20.9 Å². The fourth-order valence-electron chi connectivity index (χ4n) is 3.65. The molecule has 28 heavy (non-hydrogen) atoms. The first-order chi connectivity index (χ1) is 13.5. The van der Waals surface area contributed by atoms with Crippen LogP contribution < -0.4 is 10.6 Å². The van der Waals surface area contributed by atoms with E-state index in [1.165, 1.54) is 4.90 Å². The summed E-state index contributed by atoms with van der Waals surface area (Å²) in [6, 6.07) is 4.56. The zero-order valence-corrected chi connectivity index (χ0v) is 17.2. The summed E-state index contributed by atoms with van der Waals surface area (Å²) < 4.78 is 0. The highest BCUT2D eigenvalue weighted by Gasteiger charge is 2.39. The Labute approximate surface area is 172 Å². The van der Waals surface area contributed by atoms with Gasteiger partial charge in [-0.3, -0.25) is 24.5 Å². The van der Waals surface area contributed by atoms with E-state index in [-0.39, 0.29) is 30.7 Å². The standard InChI is InChI=1S/C20H24BrN3O4/c21-11-4-2-1-3-8-17(25)22-15-7-5-6-13-14(15)12-24(20(13)28)16-9-10-18(26)23-19(16)27/h5-7,16H,1-4,8-12H2,(H,22,25)(H,23,26,27). The van der Waals surface area contributed by atoms with Crippen molar-refractivity contribution in [3.8, 4) is 0 Å². The molecule has 0 saturated carbocycles. The molecule has 1 aromatic rings. The van der Waals surface area contributed by atoms with Crippen LogP contribution in [0.3, 0.4) is 0 Å². The van der Waals surface area contributed by atoms with Gasteiger partial charge < -0.3 is 10.2 Å². The average molecular weight is 450 g/mol. The molecular weight excluding hydrogens is 426 g/mol. The van der Waals surface area contributed by atoms with Crippen molar-refractivity contribution in [1.82, 2.24) is 10.2 Å². The first-order valence-corrected chi connectivity index (χ1v) is 10.8. The van der Waals surface area contributed by atoms with Crippen LogP contribution in [0, 0.1) is 0 Å².